The van der Waals surface area contributed by atoms with E-state index in [0.29, 0.717) is 11.6 Å². The summed E-state index contributed by atoms with van der Waals surface area (Å²) in [6.45, 7) is 7.84. The molecule has 0 aliphatic carbocycles. The summed E-state index contributed by atoms with van der Waals surface area (Å²) in [6.07, 6.45) is 4.34. The number of pyridine rings is 2. The van der Waals surface area contributed by atoms with Crippen molar-refractivity contribution in [3.05, 3.63) is 96.5 Å². The molecule has 0 aliphatic rings. The monoisotopic (exact) mass is 454 g/mol. The summed E-state index contributed by atoms with van der Waals surface area (Å²) >= 11 is 0. The fraction of sp³-hybridized carbons (Fsp3) is 0.214. The summed E-state index contributed by atoms with van der Waals surface area (Å²) < 4.78 is 11.6. The second kappa shape index (κ2) is 10.8. The van der Waals surface area contributed by atoms with Gasteiger partial charge in [-0.05, 0) is 42.8 Å². The van der Waals surface area contributed by atoms with E-state index in [9.17, 15) is 0 Å². The fourth-order valence-corrected chi connectivity index (χ4v) is 3.90. The molecule has 0 amide bonds. The molecular formula is C28H30N4O2. The molecule has 4 rings (SSSR count). The Labute approximate surface area is 200 Å². The number of aromatic nitrogens is 2. The molecule has 0 unspecified atom stereocenters. The van der Waals surface area contributed by atoms with Crippen molar-refractivity contribution in [1.29, 1.82) is 0 Å². The number of fused-ring (bicyclic) bond motifs is 1. The van der Waals surface area contributed by atoms with Gasteiger partial charge in [0.1, 0.15) is 11.5 Å². The van der Waals surface area contributed by atoms with Crippen LogP contribution in [0.1, 0.15) is 18.1 Å². The lowest BCUT2D eigenvalue weighted by Crippen LogP contribution is -2.22. The van der Waals surface area contributed by atoms with E-state index in [4.69, 9.17) is 9.47 Å². The molecule has 0 atom stereocenters. The predicted octanol–water partition coefficient (Wildman–Crippen LogP) is 6.05. The van der Waals surface area contributed by atoms with Crippen LogP contribution in [0, 0.1) is 0 Å². The highest BCUT2D eigenvalue weighted by Crippen LogP contribution is 2.33. The molecular weight excluding hydrogens is 424 g/mol. The van der Waals surface area contributed by atoms with Crippen molar-refractivity contribution in [2.24, 2.45) is 0 Å². The molecule has 0 saturated carbocycles. The third kappa shape index (κ3) is 5.71. The van der Waals surface area contributed by atoms with Crippen LogP contribution in [-0.4, -0.2) is 35.6 Å². The highest BCUT2D eigenvalue weighted by atomic mass is 16.5. The Hall–Kier alpha value is -3.90. The van der Waals surface area contributed by atoms with Gasteiger partial charge in [0.2, 0.25) is 5.88 Å². The van der Waals surface area contributed by atoms with Gasteiger partial charge in [0.05, 0.1) is 24.5 Å². The van der Waals surface area contributed by atoms with E-state index < -0.39 is 0 Å². The second-order valence-corrected chi connectivity index (χ2v) is 8.22. The van der Waals surface area contributed by atoms with E-state index in [-0.39, 0.29) is 0 Å². The largest absolute Gasteiger partial charge is 0.496 e. The second-order valence-electron chi connectivity index (χ2n) is 8.22. The quantitative estimate of drug-likeness (QED) is 0.315. The number of benzene rings is 2. The van der Waals surface area contributed by atoms with Crippen LogP contribution in [0.25, 0.3) is 10.9 Å². The lowest BCUT2D eigenvalue weighted by molar-refractivity contribution is 0.356. The van der Waals surface area contributed by atoms with Crippen molar-refractivity contribution in [1.82, 2.24) is 14.9 Å². The van der Waals surface area contributed by atoms with Gasteiger partial charge in [-0.15, -0.1) is 0 Å². The first-order valence-corrected chi connectivity index (χ1v) is 11.3. The van der Waals surface area contributed by atoms with Crippen LogP contribution in [0.15, 0.2) is 85.3 Å². The Kier molecular flexibility index (Phi) is 7.40. The summed E-state index contributed by atoms with van der Waals surface area (Å²) in [6, 6.07) is 20.0. The first kappa shape index (κ1) is 23.3. The van der Waals surface area contributed by atoms with Crippen molar-refractivity contribution >= 4 is 16.6 Å². The SMILES string of the molecule is C=C(CN(C)Cc1ccccc1)Nc1ccc(Oc2ccnc3cc(OC)c(CC)cc23)nc1. The Morgan fingerprint density at radius 1 is 1.03 bits per heavy atom. The highest BCUT2D eigenvalue weighted by Gasteiger charge is 2.11. The molecule has 6 nitrogen and oxygen atoms in total. The highest BCUT2D eigenvalue weighted by molar-refractivity contribution is 5.87. The Bertz CT molecular complexity index is 1260. The summed E-state index contributed by atoms with van der Waals surface area (Å²) in [7, 11) is 3.75. The number of ether oxygens (including phenoxy) is 2. The van der Waals surface area contributed by atoms with E-state index in [1.807, 2.05) is 30.3 Å². The van der Waals surface area contributed by atoms with E-state index in [1.165, 1.54) is 5.56 Å². The van der Waals surface area contributed by atoms with Crippen molar-refractivity contribution in [3.8, 4) is 17.4 Å². The molecule has 2 aromatic carbocycles. The Morgan fingerprint density at radius 2 is 1.85 bits per heavy atom. The summed E-state index contributed by atoms with van der Waals surface area (Å²) in [5.41, 5.74) is 4.96. The van der Waals surface area contributed by atoms with Gasteiger partial charge in [-0.1, -0.05) is 43.8 Å². The van der Waals surface area contributed by atoms with Gasteiger partial charge >= 0.3 is 0 Å². The molecule has 0 fully saturated rings. The molecule has 6 heteroatoms. The zero-order chi connectivity index (χ0) is 23.9. The van der Waals surface area contributed by atoms with E-state index in [2.05, 4.69) is 71.1 Å². The normalized spacial score (nSPS) is 10.9. The number of methoxy groups -OCH3 is 1. The van der Waals surface area contributed by atoms with Crippen LogP contribution in [0.2, 0.25) is 0 Å². The lowest BCUT2D eigenvalue weighted by Gasteiger charge is -2.19. The maximum Gasteiger partial charge on any atom is 0.219 e. The minimum absolute atomic E-state index is 0.513. The molecule has 1 N–H and O–H groups in total. The van der Waals surface area contributed by atoms with Gasteiger partial charge in [0, 0.05) is 42.5 Å². The first-order chi connectivity index (χ1) is 16.6. The molecule has 0 bridgehead atoms. The molecule has 2 heterocycles. The summed E-state index contributed by atoms with van der Waals surface area (Å²) in [5, 5.41) is 4.26. The van der Waals surface area contributed by atoms with Crippen molar-refractivity contribution in [2.45, 2.75) is 19.9 Å². The number of hydrogen-bond acceptors (Lipinski definition) is 6. The Morgan fingerprint density at radius 3 is 2.56 bits per heavy atom. The molecule has 0 radical (unpaired) electrons. The third-order valence-electron chi connectivity index (χ3n) is 5.51. The standard InChI is InChI=1S/C28H30N4O2/c1-5-22-15-24-25(16-27(22)33-4)29-14-13-26(24)34-28-12-11-23(17-30-28)31-20(2)18-32(3)19-21-9-7-6-8-10-21/h6-17,31H,2,5,18-19H2,1,3-4H3. The number of hydrogen-bond donors (Lipinski definition) is 1. The van der Waals surface area contributed by atoms with Gasteiger partial charge in [-0.25, -0.2) is 4.98 Å². The molecule has 4 aromatic rings. The van der Waals surface area contributed by atoms with E-state index >= 15 is 0 Å². The van der Waals surface area contributed by atoms with Crippen LogP contribution in [0.3, 0.4) is 0 Å². The molecule has 0 saturated heterocycles. The molecule has 34 heavy (non-hydrogen) atoms. The van der Waals surface area contributed by atoms with Gasteiger partial charge < -0.3 is 14.8 Å². The molecule has 0 aliphatic heterocycles. The topological polar surface area (TPSA) is 59.5 Å². The number of nitrogens with one attached hydrogen (secondary N) is 1. The van der Waals surface area contributed by atoms with E-state index in [1.54, 1.807) is 19.5 Å². The maximum atomic E-state index is 6.11. The number of likely N-dealkylation sites (N-methyl/N-ethyl adjacent to an activating group) is 1. The van der Waals surface area contributed by atoms with Crippen LogP contribution >= 0.6 is 0 Å². The number of rotatable bonds is 10. The van der Waals surface area contributed by atoms with Crippen LogP contribution in [0.5, 0.6) is 17.4 Å². The number of nitrogens with zero attached hydrogens (tertiary/aromatic N) is 3. The average molecular weight is 455 g/mol. The Balaban J connectivity index is 1.40. The van der Waals surface area contributed by atoms with Crippen molar-refractivity contribution in [3.63, 3.8) is 0 Å². The van der Waals surface area contributed by atoms with Crippen LogP contribution in [0.4, 0.5) is 5.69 Å². The van der Waals surface area contributed by atoms with Gasteiger partial charge in [0.15, 0.2) is 0 Å². The van der Waals surface area contributed by atoms with Crippen molar-refractivity contribution < 1.29 is 9.47 Å². The average Bonchev–Trinajstić information content (AvgIpc) is 2.85. The smallest absolute Gasteiger partial charge is 0.219 e. The fourth-order valence-electron chi connectivity index (χ4n) is 3.90. The maximum absolute atomic E-state index is 6.11. The molecule has 174 valence electrons. The molecule has 0 spiro atoms. The minimum Gasteiger partial charge on any atom is -0.496 e. The number of anilines is 1. The van der Waals surface area contributed by atoms with Crippen LogP contribution in [-0.2, 0) is 13.0 Å². The van der Waals surface area contributed by atoms with Gasteiger partial charge in [-0.2, -0.15) is 0 Å². The number of aryl methyl sites for hydroxylation is 1. The van der Waals surface area contributed by atoms with Gasteiger partial charge in [0.25, 0.3) is 0 Å². The zero-order valence-electron chi connectivity index (χ0n) is 19.9. The van der Waals surface area contributed by atoms with Gasteiger partial charge in [-0.3, -0.25) is 9.88 Å². The van der Waals surface area contributed by atoms with Crippen LogP contribution < -0.4 is 14.8 Å². The summed E-state index contributed by atoms with van der Waals surface area (Å²) in [4.78, 5) is 11.1. The molecule has 2 aromatic heterocycles. The first-order valence-electron chi connectivity index (χ1n) is 11.3. The van der Waals surface area contributed by atoms with E-state index in [0.717, 1.165) is 53.1 Å². The van der Waals surface area contributed by atoms with Crippen molar-refractivity contribution in [2.75, 3.05) is 26.0 Å². The summed E-state index contributed by atoms with van der Waals surface area (Å²) in [5.74, 6) is 2.06. The minimum atomic E-state index is 0.513. The lowest BCUT2D eigenvalue weighted by atomic mass is 10.1. The zero-order valence-corrected chi connectivity index (χ0v) is 19.9. The predicted molar refractivity (Wildman–Crippen MR) is 138 cm³/mol. The third-order valence-corrected chi connectivity index (χ3v) is 5.51.